The Morgan fingerprint density at radius 3 is 2.88 bits per heavy atom. The molecule has 8 heteroatoms. The fourth-order valence-corrected chi connectivity index (χ4v) is 3.65. The van der Waals surface area contributed by atoms with Gasteiger partial charge in [-0.15, -0.1) is 22.7 Å². The van der Waals surface area contributed by atoms with E-state index in [1.54, 1.807) is 23.8 Å². The van der Waals surface area contributed by atoms with Crippen LogP contribution in [0.2, 0.25) is 0 Å². The number of nitrogens with one attached hydrogen (secondary N) is 1. The standard InChI is InChI=1S/C16H14N2O4S2/c1-21-16(20)14(12-5-3-7-23-12)18-13(19)8-10-9-24-15(17-10)11-4-2-6-22-11/h2-7,9,14H,8H2,1H3,(H,18,19). The van der Waals surface area contributed by atoms with Gasteiger partial charge in [0.15, 0.2) is 16.8 Å². The summed E-state index contributed by atoms with van der Waals surface area (Å²) in [7, 11) is 1.30. The molecule has 0 aliphatic carbocycles. The predicted molar refractivity (Wildman–Crippen MR) is 90.7 cm³/mol. The summed E-state index contributed by atoms with van der Waals surface area (Å²) >= 11 is 2.79. The molecule has 1 atom stereocenters. The van der Waals surface area contributed by atoms with E-state index in [1.807, 2.05) is 17.5 Å². The molecule has 6 nitrogen and oxygen atoms in total. The minimum Gasteiger partial charge on any atom is -0.467 e. The maximum absolute atomic E-state index is 12.3. The third-order valence-corrected chi connectivity index (χ3v) is 5.04. The van der Waals surface area contributed by atoms with Crippen molar-refractivity contribution in [2.24, 2.45) is 0 Å². The topological polar surface area (TPSA) is 81.4 Å². The Hall–Kier alpha value is -2.45. The Kier molecular flexibility index (Phi) is 5.07. The van der Waals surface area contributed by atoms with Crippen LogP contribution in [-0.4, -0.2) is 24.0 Å². The molecule has 24 heavy (non-hydrogen) atoms. The van der Waals surface area contributed by atoms with Crippen molar-refractivity contribution in [3.63, 3.8) is 0 Å². The second-order valence-electron chi connectivity index (χ2n) is 4.84. The summed E-state index contributed by atoms with van der Waals surface area (Å²) in [6.07, 6.45) is 1.65. The second-order valence-corrected chi connectivity index (χ2v) is 6.67. The molecule has 0 radical (unpaired) electrons. The molecule has 3 rings (SSSR count). The first kappa shape index (κ1) is 16.4. The number of thiazole rings is 1. The lowest BCUT2D eigenvalue weighted by atomic mass is 10.2. The summed E-state index contributed by atoms with van der Waals surface area (Å²) in [5.41, 5.74) is 0.624. The van der Waals surface area contributed by atoms with E-state index >= 15 is 0 Å². The SMILES string of the molecule is COC(=O)C(NC(=O)Cc1csc(-c2ccco2)n1)c1cccs1. The van der Waals surface area contributed by atoms with Crippen molar-refractivity contribution in [3.8, 4) is 10.8 Å². The van der Waals surface area contributed by atoms with Crippen LogP contribution in [0.5, 0.6) is 0 Å². The average Bonchev–Trinajstić information content (AvgIpc) is 3.32. The van der Waals surface area contributed by atoms with Gasteiger partial charge >= 0.3 is 5.97 Å². The van der Waals surface area contributed by atoms with Gasteiger partial charge in [-0.3, -0.25) is 4.79 Å². The van der Waals surface area contributed by atoms with Crippen LogP contribution in [-0.2, 0) is 20.7 Å². The van der Waals surface area contributed by atoms with E-state index in [1.165, 1.54) is 29.8 Å². The molecule has 1 amide bonds. The molecule has 0 saturated carbocycles. The number of hydrogen-bond acceptors (Lipinski definition) is 7. The van der Waals surface area contributed by atoms with Gasteiger partial charge in [-0.2, -0.15) is 0 Å². The van der Waals surface area contributed by atoms with E-state index in [2.05, 4.69) is 10.3 Å². The molecular weight excluding hydrogens is 348 g/mol. The van der Waals surface area contributed by atoms with Gasteiger partial charge in [-0.1, -0.05) is 6.07 Å². The molecule has 0 bridgehead atoms. The molecule has 3 aromatic rings. The number of furan rings is 1. The summed E-state index contributed by atoms with van der Waals surface area (Å²) in [5.74, 6) is -0.131. The number of carbonyl (C=O) groups is 2. The highest BCUT2D eigenvalue weighted by molar-refractivity contribution is 7.13. The molecule has 0 aliphatic rings. The average molecular weight is 362 g/mol. The number of esters is 1. The van der Waals surface area contributed by atoms with Crippen LogP contribution in [0, 0.1) is 0 Å². The smallest absolute Gasteiger partial charge is 0.333 e. The summed E-state index contributed by atoms with van der Waals surface area (Å²) in [6, 6.07) is 6.39. The number of carbonyl (C=O) groups excluding carboxylic acids is 2. The van der Waals surface area contributed by atoms with Gasteiger partial charge in [-0.05, 0) is 23.6 Å². The van der Waals surface area contributed by atoms with Crippen LogP contribution >= 0.6 is 22.7 Å². The highest BCUT2D eigenvalue weighted by atomic mass is 32.1. The van der Waals surface area contributed by atoms with Crippen molar-refractivity contribution >= 4 is 34.6 Å². The number of methoxy groups -OCH3 is 1. The molecule has 0 aromatic carbocycles. The molecule has 3 heterocycles. The first-order valence-corrected chi connectivity index (χ1v) is 8.82. The number of ether oxygens (including phenoxy) is 1. The Balaban J connectivity index is 1.67. The zero-order valence-electron chi connectivity index (χ0n) is 12.7. The Morgan fingerprint density at radius 1 is 1.33 bits per heavy atom. The maximum atomic E-state index is 12.3. The van der Waals surface area contributed by atoms with Crippen LogP contribution in [0.15, 0.2) is 45.7 Å². The normalized spacial score (nSPS) is 11.9. The second kappa shape index (κ2) is 7.41. The number of aromatic nitrogens is 1. The summed E-state index contributed by atoms with van der Waals surface area (Å²) < 4.78 is 10.1. The van der Waals surface area contributed by atoms with Gasteiger partial charge in [0.2, 0.25) is 5.91 Å². The number of amides is 1. The molecule has 0 saturated heterocycles. The third kappa shape index (κ3) is 3.72. The first-order valence-electron chi connectivity index (χ1n) is 7.06. The maximum Gasteiger partial charge on any atom is 0.333 e. The van der Waals surface area contributed by atoms with Crippen LogP contribution < -0.4 is 5.32 Å². The zero-order chi connectivity index (χ0) is 16.9. The molecule has 124 valence electrons. The number of hydrogen-bond donors (Lipinski definition) is 1. The molecular formula is C16H14N2O4S2. The lowest BCUT2D eigenvalue weighted by Gasteiger charge is -2.14. The Morgan fingerprint density at radius 2 is 2.21 bits per heavy atom. The molecule has 0 aliphatic heterocycles. The van der Waals surface area contributed by atoms with Crippen molar-refractivity contribution in [1.29, 1.82) is 0 Å². The minimum atomic E-state index is -0.800. The van der Waals surface area contributed by atoms with Crippen molar-refractivity contribution in [2.75, 3.05) is 7.11 Å². The molecule has 1 N–H and O–H groups in total. The van der Waals surface area contributed by atoms with E-state index in [4.69, 9.17) is 9.15 Å². The molecule has 0 spiro atoms. The van der Waals surface area contributed by atoms with Crippen LogP contribution in [0.4, 0.5) is 0 Å². The monoisotopic (exact) mass is 362 g/mol. The van der Waals surface area contributed by atoms with Gasteiger partial charge < -0.3 is 14.5 Å². The van der Waals surface area contributed by atoms with Gasteiger partial charge in [0.05, 0.1) is 25.5 Å². The molecule has 1 unspecified atom stereocenters. The van der Waals surface area contributed by atoms with Crippen LogP contribution in [0.1, 0.15) is 16.6 Å². The highest BCUT2D eigenvalue weighted by Crippen LogP contribution is 2.24. The van der Waals surface area contributed by atoms with Gasteiger partial charge in [0.25, 0.3) is 0 Å². The van der Waals surface area contributed by atoms with Crippen LogP contribution in [0.3, 0.4) is 0 Å². The summed E-state index contributed by atoms with van der Waals surface area (Å²) in [5, 5.41) is 7.06. The lowest BCUT2D eigenvalue weighted by Crippen LogP contribution is -2.35. The summed E-state index contributed by atoms with van der Waals surface area (Å²) in [6.45, 7) is 0. The van der Waals surface area contributed by atoms with Gasteiger partial charge in [0, 0.05) is 10.3 Å². The predicted octanol–water partition coefficient (Wildman–Crippen LogP) is 3.04. The number of rotatable bonds is 6. The van der Waals surface area contributed by atoms with Crippen molar-refractivity contribution in [3.05, 3.63) is 51.9 Å². The highest BCUT2D eigenvalue weighted by Gasteiger charge is 2.24. The summed E-state index contributed by atoms with van der Waals surface area (Å²) in [4.78, 5) is 29.3. The van der Waals surface area contributed by atoms with E-state index in [0.29, 0.717) is 16.5 Å². The number of nitrogens with zero attached hydrogens (tertiary/aromatic N) is 1. The van der Waals surface area contributed by atoms with E-state index in [0.717, 1.165) is 4.88 Å². The van der Waals surface area contributed by atoms with Crippen molar-refractivity contribution < 1.29 is 18.7 Å². The van der Waals surface area contributed by atoms with Gasteiger partial charge in [0.1, 0.15) is 0 Å². The Bertz CT molecular complexity index is 809. The third-order valence-electron chi connectivity index (χ3n) is 3.20. The molecule has 0 fully saturated rings. The van der Waals surface area contributed by atoms with Crippen molar-refractivity contribution in [2.45, 2.75) is 12.5 Å². The number of thiophene rings is 1. The largest absolute Gasteiger partial charge is 0.467 e. The zero-order valence-corrected chi connectivity index (χ0v) is 14.4. The van der Waals surface area contributed by atoms with E-state index < -0.39 is 12.0 Å². The van der Waals surface area contributed by atoms with Crippen molar-refractivity contribution in [1.82, 2.24) is 10.3 Å². The molecule has 3 aromatic heterocycles. The quantitative estimate of drug-likeness (QED) is 0.682. The van der Waals surface area contributed by atoms with Gasteiger partial charge in [-0.25, -0.2) is 9.78 Å². The fraction of sp³-hybridized carbons (Fsp3) is 0.188. The van der Waals surface area contributed by atoms with E-state index in [-0.39, 0.29) is 12.3 Å². The van der Waals surface area contributed by atoms with Crippen LogP contribution in [0.25, 0.3) is 10.8 Å². The lowest BCUT2D eigenvalue weighted by molar-refractivity contribution is -0.145. The fourth-order valence-electron chi connectivity index (χ4n) is 2.10. The first-order chi connectivity index (χ1) is 11.7. The Labute approximate surface area is 146 Å². The van der Waals surface area contributed by atoms with E-state index in [9.17, 15) is 9.59 Å². The minimum absolute atomic E-state index is 0.0794.